The van der Waals surface area contributed by atoms with Gasteiger partial charge in [-0.1, -0.05) is 48.5 Å². The van der Waals surface area contributed by atoms with E-state index in [-0.39, 0.29) is 24.4 Å². The molecule has 0 saturated carbocycles. The van der Waals surface area contributed by atoms with Crippen LogP contribution in [0.4, 0.5) is 5.69 Å². The van der Waals surface area contributed by atoms with Crippen LogP contribution in [0.15, 0.2) is 79.0 Å². The van der Waals surface area contributed by atoms with Gasteiger partial charge in [-0.2, -0.15) is 0 Å². The molecule has 3 aromatic carbocycles. The minimum atomic E-state index is -0.905. The van der Waals surface area contributed by atoms with Gasteiger partial charge in [0.25, 0.3) is 5.91 Å². The Balaban J connectivity index is 1.35. The summed E-state index contributed by atoms with van der Waals surface area (Å²) in [7, 11) is 1.61. The molecule has 1 aromatic heterocycles. The number of nitrogens with one attached hydrogen (secondary N) is 3. The van der Waals surface area contributed by atoms with Crippen LogP contribution in [0.3, 0.4) is 0 Å². The van der Waals surface area contributed by atoms with E-state index < -0.39 is 17.9 Å². The Morgan fingerprint density at radius 3 is 2.42 bits per heavy atom. The summed E-state index contributed by atoms with van der Waals surface area (Å²) >= 11 is 0. The number of amides is 3. The Morgan fingerprint density at radius 2 is 1.68 bits per heavy atom. The van der Waals surface area contributed by atoms with Crippen molar-refractivity contribution in [2.75, 3.05) is 18.6 Å². The van der Waals surface area contributed by atoms with Gasteiger partial charge in [-0.25, -0.2) is 0 Å². The van der Waals surface area contributed by atoms with Crippen molar-refractivity contribution in [3.63, 3.8) is 0 Å². The molecule has 0 spiro atoms. The van der Waals surface area contributed by atoms with Gasteiger partial charge in [0.05, 0.1) is 7.11 Å². The molecule has 5 rings (SSSR count). The van der Waals surface area contributed by atoms with Crippen LogP contribution in [0.1, 0.15) is 42.5 Å². The SMILES string of the molecule is COc1ccc([C@@H](CNC(=O)C(=O)N[C@@H]2C(=O)N(C(C)C)c3ccccc32)c2c[nH]c3ccccc23)cc1. The third-order valence-corrected chi connectivity index (χ3v) is 6.97. The van der Waals surface area contributed by atoms with Crippen LogP contribution in [-0.4, -0.2) is 42.4 Å². The van der Waals surface area contributed by atoms with Crippen molar-refractivity contribution in [3.05, 3.63) is 95.7 Å². The third kappa shape index (κ3) is 4.61. The number of anilines is 1. The maximum Gasteiger partial charge on any atom is 0.310 e. The zero-order valence-electron chi connectivity index (χ0n) is 21.5. The lowest BCUT2D eigenvalue weighted by atomic mass is 9.90. The van der Waals surface area contributed by atoms with Gasteiger partial charge in [-0.3, -0.25) is 14.4 Å². The normalized spacial score (nSPS) is 15.4. The smallest absolute Gasteiger partial charge is 0.310 e. The monoisotopic (exact) mass is 510 g/mol. The van der Waals surface area contributed by atoms with Crippen LogP contribution in [0.25, 0.3) is 10.9 Å². The maximum atomic E-state index is 13.1. The summed E-state index contributed by atoms with van der Waals surface area (Å²) in [5.74, 6) is -1.39. The van der Waals surface area contributed by atoms with Crippen molar-refractivity contribution in [3.8, 4) is 5.75 Å². The molecule has 3 amide bonds. The van der Waals surface area contributed by atoms with E-state index in [0.29, 0.717) is 5.56 Å². The van der Waals surface area contributed by atoms with E-state index in [1.807, 2.05) is 86.8 Å². The number of carbonyl (C=O) groups excluding carboxylic acids is 3. The summed E-state index contributed by atoms with van der Waals surface area (Å²) in [5.41, 5.74) is 4.38. The van der Waals surface area contributed by atoms with Gasteiger partial charge in [-0.05, 0) is 49.2 Å². The summed E-state index contributed by atoms with van der Waals surface area (Å²) in [6.45, 7) is 4.01. The zero-order valence-corrected chi connectivity index (χ0v) is 21.5. The number of rotatable bonds is 7. The highest BCUT2D eigenvalue weighted by Gasteiger charge is 2.40. The first-order chi connectivity index (χ1) is 18.4. The number of ether oxygens (including phenoxy) is 1. The van der Waals surface area contributed by atoms with Crippen molar-refractivity contribution in [2.24, 2.45) is 0 Å². The second kappa shape index (κ2) is 10.4. The van der Waals surface area contributed by atoms with Gasteiger partial charge in [-0.15, -0.1) is 0 Å². The Kier molecular flexibility index (Phi) is 6.87. The topological polar surface area (TPSA) is 104 Å². The number of para-hydroxylation sites is 2. The molecule has 194 valence electrons. The van der Waals surface area contributed by atoms with Gasteiger partial charge in [0.1, 0.15) is 11.8 Å². The number of fused-ring (bicyclic) bond motifs is 2. The number of hydrogen-bond acceptors (Lipinski definition) is 4. The number of H-pyrrole nitrogens is 1. The number of hydrogen-bond donors (Lipinski definition) is 3. The third-order valence-electron chi connectivity index (χ3n) is 6.97. The lowest BCUT2D eigenvalue weighted by Gasteiger charge is -2.22. The minimum Gasteiger partial charge on any atom is -0.497 e. The highest BCUT2D eigenvalue weighted by molar-refractivity contribution is 6.35. The number of aromatic nitrogens is 1. The van der Waals surface area contributed by atoms with Gasteiger partial charge in [0.15, 0.2) is 0 Å². The first kappa shape index (κ1) is 25.1. The lowest BCUT2D eigenvalue weighted by Crippen LogP contribution is -2.46. The van der Waals surface area contributed by atoms with Gasteiger partial charge < -0.3 is 25.3 Å². The van der Waals surface area contributed by atoms with E-state index in [2.05, 4.69) is 15.6 Å². The zero-order chi connectivity index (χ0) is 26.8. The number of benzene rings is 3. The molecule has 2 heterocycles. The lowest BCUT2D eigenvalue weighted by molar-refractivity contribution is -0.140. The molecule has 1 aliphatic rings. The fourth-order valence-corrected chi connectivity index (χ4v) is 5.11. The van der Waals surface area contributed by atoms with Crippen LogP contribution in [-0.2, 0) is 14.4 Å². The number of methoxy groups -OCH3 is 1. The van der Waals surface area contributed by atoms with Crippen LogP contribution in [0, 0.1) is 0 Å². The van der Waals surface area contributed by atoms with Crippen LogP contribution in [0.2, 0.25) is 0 Å². The van der Waals surface area contributed by atoms with Crippen LogP contribution >= 0.6 is 0 Å². The molecule has 3 N–H and O–H groups in total. The predicted molar refractivity (Wildman–Crippen MR) is 146 cm³/mol. The molecule has 0 fully saturated rings. The molecule has 0 saturated heterocycles. The molecule has 0 radical (unpaired) electrons. The Morgan fingerprint density at radius 1 is 0.974 bits per heavy atom. The van der Waals surface area contributed by atoms with Crippen molar-refractivity contribution >= 4 is 34.3 Å². The van der Waals surface area contributed by atoms with Crippen molar-refractivity contribution in [1.29, 1.82) is 0 Å². The molecule has 8 nitrogen and oxygen atoms in total. The second-order valence-corrected chi connectivity index (χ2v) is 9.59. The highest BCUT2D eigenvalue weighted by atomic mass is 16.5. The van der Waals surface area contributed by atoms with E-state index in [4.69, 9.17) is 4.74 Å². The quantitative estimate of drug-likeness (QED) is 0.327. The van der Waals surface area contributed by atoms with E-state index >= 15 is 0 Å². The Bertz CT molecular complexity index is 1490. The van der Waals surface area contributed by atoms with E-state index in [0.717, 1.165) is 33.5 Å². The van der Waals surface area contributed by atoms with E-state index in [1.54, 1.807) is 18.1 Å². The summed E-state index contributed by atoms with van der Waals surface area (Å²) in [4.78, 5) is 44.0. The van der Waals surface area contributed by atoms with Crippen molar-refractivity contribution < 1.29 is 19.1 Å². The maximum absolute atomic E-state index is 13.1. The number of carbonyl (C=O) groups is 3. The molecule has 0 aliphatic carbocycles. The molecule has 8 heteroatoms. The molecule has 2 atom stereocenters. The fraction of sp³-hybridized carbons (Fsp3) is 0.233. The molecular weight excluding hydrogens is 480 g/mol. The Labute approximate surface area is 221 Å². The average molecular weight is 511 g/mol. The number of nitrogens with zero attached hydrogens (tertiary/aromatic N) is 1. The summed E-state index contributed by atoms with van der Waals surface area (Å²) in [6, 6.07) is 21.9. The first-order valence-electron chi connectivity index (χ1n) is 12.6. The highest BCUT2D eigenvalue weighted by Crippen LogP contribution is 2.37. The minimum absolute atomic E-state index is 0.0826. The largest absolute Gasteiger partial charge is 0.497 e. The molecule has 38 heavy (non-hydrogen) atoms. The second-order valence-electron chi connectivity index (χ2n) is 9.59. The van der Waals surface area contributed by atoms with Gasteiger partial charge in [0, 0.05) is 46.9 Å². The predicted octanol–water partition coefficient (Wildman–Crippen LogP) is 4.04. The van der Waals surface area contributed by atoms with Gasteiger partial charge >= 0.3 is 11.8 Å². The fourth-order valence-electron chi connectivity index (χ4n) is 5.11. The van der Waals surface area contributed by atoms with Crippen molar-refractivity contribution in [1.82, 2.24) is 15.6 Å². The summed E-state index contributed by atoms with van der Waals surface area (Å²) in [5, 5.41) is 6.47. The van der Waals surface area contributed by atoms with E-state index in [1.165, 1.54) is 0 Å². The summed E-state index contributed by atoms with van der Waals surface area (Å²) < 4.78 is 5.30. The summed E-state index contributed by atoms with van der Waals surface area (Å²) in [6.07, 6.45) is 1.93. The van der Waals surface area contributed by atoms with Crippen molar-refractivity contribution in [2.45, 2.75) is 31.8 Å². The van der Waals surface area contributed by atoms with Gasteiger partial charge in [0.2, 0.25) is 0 Å². The van der Waals surface area contributed by atoms with E-state index in [9.17, 15) is 14.4 Å². The standard InChI is InChI=1S/C30H30N4O4/c1-18(2)34-26-11-7-5-9-22(26)27(30(34)37)33-29(36)28(35)32-16-23(19-12-14-20(38-3)15-13-19)24-17-31-25-10-6-4-8-21(24)25/h4-15,17-18,23,27,31H,16H2,1-3H3,(H,32,35)(H,33,36)/t23-,27+/m1/s1. The molecule has 0 bridgehead atoms. The molecule has 1 aliphatic heterocycles. The molecule has 0 unspecified atom stereocenters. The Hall–Kier alpha value is -4.59. The molecule has 4 aromatic rings. The van der Waals surface area contributed by atoms with Crippen LogP contribution in [0.5, 0.6) is 5.75 Å². The van der Waals surface area contributed by atoms with Crippen LogP contribution < -0.4 is 20.3 Å². The average Bonchev–Trinajstić information content (AvgIpc) is 3.48. The molecular formula is C30H30N4O4. The number of aromatic amines is 1. The first-order valence-corrected chi connectivity index (χ1v) is 12.6.